The van der Waals surface area contributed by atoms with Crippen LogP contribution in [0.4, 0.5) is 4.79 Å². The molecule has 0 radical (unpaired) electrons. The molecule has 1 heterocycles. The molecule has 0 aromatic carbocycles. The molecule has 5 nitrogen and oxygen atoms in total. The van der Waals surface area contributed by atoms with Crippen LogP contribution in [0, 0.1) is 0 Å². The molecular formula is C12H23NO4. The van der Waals surface area contributed by atoms with Crippen LogP contribution in [0.1, 0.15) is 34.6 Å². The maximum absolute atomic E-state index is 11.9. The minimum absolute atomic E-state index is 0.352. The second-order valence-electron chi connectivity index (χ2n) is 5.94. The van der Waals surface area contributed by atoms with Gasteiger partial charge in [-0.1, -0.05) is 0 Å². The number of carbonyl (C=O) groups excluding carboxylic acids is 1. The summed E-state index contributed by atoms with van der Waals surface area (Å²) in [6, 6.07) is 0. The van der Waals surface area contributed by atoms with E-state index in [0.717, 1.165) is 0 Å². The molecule has 0 bridgehead atoms. The van der Waals surface area contributed by atoms with Gasteiger partial charge < -0.3 is 19.5 Å². The molecule has 1 amide bonds. The summed E-state index contributed by atoms with van der Waals surface area (Å²) in [7, 11) is 0. The van der Waals surface area contributed by atoms with Crippen LogP contribution in [-0.4, -0.2) is 53.1 Å². The highest BCUT2D eigenvalue weighted by molar-refractivity contribution is 5.68. The topological polar surface area (TPSA) is 59.0 Å². The quantitative estimate of drug-likeness (QED) is 0.758. The number of ether oxygens (including phenoxy) is 2. The van der Waals surface area contributed by atoms with Gasteiger partial charge in [0, 0.05) is 6.54 Å². The fourth-order valence-corrected chi connectivity index (χ4v) is 1.57. The molecule has 1 atom stereocenters. The molecule has 1 rings (SSSR count). The van der Waals surface area contributed by atoms with Gasteiger partial charge in [0.15, 0.2) is 0 Å². The molecule has 1 fully saturated rings. The normalized spacial score (nSPS) is 22.5. The van der Waals surface area contributed by atoms with Crippen LogP contribution in [0.5, 0.6) is 0 Å². The summed E-state index contributed by atoms with van der Waals surface area (Å²) in [5.74, 6) is 0. The molecule has 17 heavy (non-hydrogen) atoms. The van der Waals surface area contributed by atoms with E-state index in [1.165, 1.54) is 0 Å². The maximum atomic E-state index is 11.9. The molecule has 1 unspecified atom stereocenters. The van der Waals surface area contributed by atoms with Crippen molar-refractivity contribution >= 4 is 6.09 Å². The summed E-state index contributed by atoms with van der Waals surface area (Å²) in [6.45, 7) is 10.1. The fourth-order valence-electron chi connectivity index (χ4n) is 1.57. The molecule has 0 saturated carbocycles. The Hall–Kier alpha value is -0.810. The van der Waals surface area contributed by atoms with E-state index in [1.807, 2.05) is 20.8 Å². The zero-order valence-corrected chi connectivity index (χ0v) is 11.3. The summed E-state index contributed by atoms with van der Waals surface area (Å²) in [6.07, 6.45) is -0.723. The molecular weight excluding hydrogens is 222 g/mol. The average Bonchev–Trinajstić information content (AvgIpc) is 2.14. The molecule has 0 spiro atoms. The summed E-state index contributed by atoms with van der Waals surface area (Å²) in [5, 5.41) is 9.87. The first-order valence-electron chi connectivity index (χ1n) is 5.91. The third kappa shape index (κ3) is 4.52. The average molecular weight is 245 g/mol. The number of rotatable bonds is 1. The number of amides is 1. The molecule has 0 aromatic heterocycles. The van der Waals surface area contributed by atoms with E-state index in [-0.39, 0.29) is 12.2 Å². The molecule has 0 aliphatic carbocycles. The van der Waals surface area contributed by atoms with E-state index in [2.05, 4.69) is 0 Å². The first-order chi connectivity index (χ1) is 7.59. The Bertz CT molecular complexity index is 277. The highest BCUT2D eigenvalue weighted by atomic mass is 16.6. The minimum atomic E-state index is -0.958. The summed E-state index contributed by atoms with van der Waals surface area (Å²) < 4.78 is 10.7. The van der Waals surface area contributed by atoms with Crippen molar-refractivity contribution in [3.63, 3.8) is 0 Å². The lowest BCUT2D eigenvalue weighted by Crippen LogP contribution is -2.54. The lowest BCUT2D eigenvalue weighted by molar-refractivity contribution is -0.125. The second kappa shape index (κ2) is 4.82. The molecule has 100 valence electrons. The van der Waals surface area contributed by atoms with Crippen LogP contribution in [0.2, 0.25) is 0 Å². The minimum Gasteiger partial charge on any atom is -0.444 e. The molecule has 1 N–H and O–H groups in total. The van der Waals surface area contributed by atoms with Gasteiger partial charge in [0.2, 0.25) is 0 Å². The van der Waals surface area contributed by atoms with Gasteiger partial charge in [-0.25, -0.2) is 4.79 Å². The number of hydrogen-bond donors (Lipinski definition) is 1. The van der Waals surface area contributed by atoms with Gasteiger partial charge in [0.25, 0.3) is 0 Å². The SMILES string of the molecule is CC(C)(C)OC(=O)N1CCOC(C(C)(C)O)C1. The van der Waals surface area contributed by atoms with Gasteiger partial charge in [0.05, 0.1) is 18.8 Å². The number of hydrogen-bond acceptors (Lipinski definition) is 4. The van der Waals surface area contributed by atoms with Crippen LogP contribution < -0.4 is 0 Å². The van der Waals surface area contributed by atoms with Gasteiger partial charge in [0.1, 0.15) is 11.7 Å². The van der Waals surface area contributed by atoms with E-state index in [1.54, 1.807) is 18.7 Å². The van der Waals surface area contributed by atoms with Crippen molar-refractivity contribution in [1.29, 1.82) is 0 Å². The fraction of sp³-hybridized carbons (Fsp3) is 0.917. The Morgan fingerprint density at radius 1 is 1.35 bits per heavy atom. The highest BCUT2D eigenvalue weighted by Crippen LogP contribution is 2.19. The van der Waals surface area contributed by atoms with Gasteiger partial charge in [-0.15, -0.1) is 0 Å². The molecule has 5 heteroatoms. The number of aliphatic hydroxyl groups is 1. The Balaban J connectivity index is 2.58. The van der Waals surface area contributed by atoms with Crippen molar-refractivity contribution < 1.29 is 19.4 Å². The van der Waals surface area contributed by atoms with Crippen molar-refractivity contribution in [2.45, 2.75) is 51.9 Å². The summed E-state index contributed by atoms with van der Waals surface area (Å²) in [4.78, 5) is 13.4. The van der Waals surface area contributed by atoms with Gasteiger partial charge >= 0.3 is 6.09 Å². The predicted octanol–water partition coefficient (Wildman–Crippen LogP) is 1.39. The van der Waals surface area contributed by atoms with Gasteiger partial charge in [-0.2, -0.15) is 0 Å². The zero-order chi connectivity index (χ0) is 13.3. The molecule has 0 aromatic rings. The molecule has 1 aliphatic rings. The Labute approximate surface area is 103 Å². The zero-order valence-electron chi connectivity index (χ0n) is 11.3. The van der Waals surface area contributed by atoms with Crippen molar-refractivity contribution in [2.24, 2.45) is 0 Å². The van der Waals surface area contributed by atoms with Crippen molar-refractivity contribution in [2.75, 3.05) is 19.7 Å². The lowest BCUT2D eigenvalue weighted by atomic mass is 10.0. The lowest BCUT2D eigenvalue weighted by Gasteiger charge is -2.38. The first kappa shape index (κ1) is 14.3. The van der Waals surface area contributed by atoms with Gasteiger partial charge in [-0.05, 0) is 34.6 Å². The number of nitrogens with zero attached hydrogens (tertiary/aromatic N) is 1. The summed E-state index contributed by atoms with van der Waals surface area (Å²) >= 11 is 0. The summed E-state index contributed by atoms with van der Waals surface area (Å²) in [5.41, 5.74) is -1.46. The third-order valence-electron chi connectivity index (χ3n) is 2.51. The van der Waals surface area contributed by atoms with E-state index in [9.17, 15) is 9.90 Å². The second-order valence-corrected chi connectivity index (χ2v) is 5.94. The van der Waals surface area contributed by atoms with Crippen molar-refractivity contribution in [3.05, 3.63) is 0 Å². The third-order valence-corrected chi connectivity index (χ3v) is 2.51. The Morgan fingerprint density at radius 3 is 2.41 bits per heavy atom. The van der Waals surface area contributed by atoms with Crippen LogP contribution in [0.3, 0.4) is 0 Å². The van der Waals surface area contributed by atoms with Crippen LogP contribution in [0.25, 0.3) is 0 Å². The maximum Gasteiger partial charge on any atom is 0.410 e. The van der Waals surface area contributed by atoms with Crippen LogP contribution >= 0.6 is 0 Å². The van der Waals surface area contributed by atoms with Crippen LogP contribution in [0.15, 0.2) is 0 Å². The first-order valence-corrected chi connectivity index (χ1v) is 5.91. The Kier molecular flexibility index (Phi) is 4.04. The van der Waals surface area contributed by atoms with E-state index in [4.69, 9.17) is 9.47 Å². The van der Waals surface area contributed by atoms with E-state index < -0.39 is 11.2 Å². The molecule has 1 saturated heterocycles. The largest absolute Gasteiger partial charge is 0.444 e. The van der Waals surface area contributed by atoms with Crippen LogP contribution in [-0.2, 0) is 9.47 Å². The predicted molar refractivity (Wildman–Crippen MR) is 63.8 cm³/mol. The number of carbonyl (C=O) groups is 1. The standard InChI is InChI=1S/C12H23NO4/c1-11(2,3)17-10(14)13-6-7-16-9(8-13)12(4,5)15/h9,15H,6-8H2,1-5H3. The van der Waals surface area contributed by atoms with E-state index >= 15 is 0 Å². The number of morpholine rings is 1. The van der Waals surface area contributed by atoms with Crippen molar-refractivity contribution in [3.8, 4) is 0 Å². The smallest absolute Gasteiger partial charge is 0.410 e. The van der Waals surface area contributed by atoms with Crippen molar-refractivity contribution in [1.82, 2.24) is 4.90 Å². The monoisotopic (exact) mass is 245 g/mol. The van der Waals surface area contributed by atoms with Gasteiger partial charge in [-0.3, -0.25) is 0 Å². The Morgan fingerprint density at radius 2 is 1.94 bits per heavy atom. The molecule has 1 aliphatic heterocycles. The highest BCUT2D eigenvalue weighted by Gasteiger charge is 2.35. The van der Waals surface area contributed by atoms with E-state index in [0.29, 0.717) is 19.7 Å².